The zero-order chi connectivity index (χ0) is 19.0. The van der Waals surface area contributed by atoms with E-state index in [0.717, 1.165) is 27.4 Å². The predicted molar refractivity (Wildman–Crippen MR) is 110 cm³/mol. The first-order chi connectivity index (χ1) is 13.1. The minimum atomic E-state index is -0.296. The van der Waals surface area contributed by atoms with Crippen LogP contribution in [-0.4, -0.2) is 17.0 Å². The summed E-state index contributed by atoms with van der Waals surface area (Å²) in [6.45, 7) is 6.54. The largest absolute Gasteiger partial charge is 0.461 e. The molecule has 0 atom stereocenters. The molecule has 0 saturated carbocycles. The molecular formula is C24H23NO2. The predicted octanol–water partition coefficient (Wildman–Crippen LogP) is 6.06. The highest BCUT2D eigenvalue weighted by Gasteiger charge is 2.21. The molecule has 27 heavy (non-hydrogen) atoms. The normalized spacial score (nSPS) is 11.4. The van der Waals surface area contributed by atoms with Crippen LogP contribution in [0.1, 0.15) is 42.7 Å². The summed E-state index contributed by atoms with van der Waals surface area (Å²) in [4.78, 5) is 12.8. The number of nitrogens with zero attached hydrogens (tertiary/aromatic N) is 1. The molecule has 2 heterocycles. The quantitative estimate of drug-likeness (QED) is 0.416. The first-order valence-electron chi connectivity index (χ1n) is 9.40. The fourth-order valence-corrected chi connectivity index (χ4v) is 3.59. The third-order valence-electron chi connectivity index (χ3n) is 5.03. The van der Waals surface area contributed by atoms with Gasteiger partial charge >= 0.3 is 5.97 Å². The van der Waals surface area contributed by atoms with Crippen LogP contribution in [0.5, 0.6) is 0 Å². The Labute approximate surface area is 159 Å². The van der Waals surface area contributed by atoms with E-state index in [1.807, 2.05) is 35.7 Å². The van der Waals surface area contributed by atoms with Gasteiger partial charge in [-0.2, -0.15) is 0 Å². The molecule has 0 aliphatic carbocycles. The molecule has 0 aliphatic heterocycles. The summed E-state index contributed by atoms with van der Waals surface area (Å²) in [5.74, 6) is 0.177. The number of pyridine rings is 1. The van der Waals surface area contributed by atoms with E-state index >= 15 is 0 Å². The molecule has 0 unspecified atom stereocenters. The number of hydrogen-bond acceptors (Lipinski definition) is 2. The Kier molecular flexibility index (Phi) is 4.44. The number of ether oxygens (including phenoxy) is 1. The van der Waals surface area contributed by atoms with E-state index < -0.39 is 0 Å². The van der Waals surface area contributed by atoms with Crippen molar-refractivity contribution in [2.24, 2.45) is 0 Å². The van der Waals surface area contributed by atoms with Crippen LogP contribution in [0.3, 0.4) is 0 Å². The van der Waals surface area contributed by atoms with Gasteiger partial charge in [0.2, 0.25) is 0 Å². The fraction of sp³-hybridized carbons (Fsp3) is 0.208. The number of hydrogen-bond donors (Lipinski definition) is 0. The van der Waals surface area contributed by atoms with Gasteiger partial charge in [0.05, 0.1) is 12.1 Å². The van der Waals surface area contributed by atoms with Crippen LogP contribution >= 0.6 is 0 Å². The van der Waals surface area contributed by atoms with Crippen LogP contribution < -0.4 is 0 Å². The van der Waals surface area contributed by atoms with Gasteiger partial charge in [-0.25, -0.2) is 4.79 Å². The molecule has 2 aromatic heterocycles. The van der Waals surface area contributed by atoms with Crippen LogP contribution in [0.25, 0.3) is 27.4 Å². The van der Waals surface area contributed by atoms with E-state index in [2.05, 4.69) is 56.3 Å². The third-order valence-corrected chi connectivity index (χ3v) is 5.03. The summed E-state index contributed by atoms with van der Waals surface area (Å²) < 4.78 is 7.32. The minimum absolute atomic E-state index is 0.296. The highest BCUT2D eigenvalue weighted by atomic mass is 16.5. The molecule has 0 fully saturated rings. The summed E-state index contributed by atoms with van der Waals surface area (Å²) in [6.07, 6.45) is 1.95. The van der Waals surface area contributed by atoms with Crippen LogP contribution in [0.4, 0.5) is 0 Å². The standard InChI is InChI=1S/C24H23NO2/c1-4-27-24(26)23-21(19-11-9-17(10-12-19)16(2)3)15-22-20-8-6-5-7-18(20)13-14-25(22)23/h5-16H,4H2,1-3H3. The van der Waals surface area contributed by atoms with E-state index in [4.69, 9.17) is 4.74 Å². The van der Waals surface area contributed by atoms with E-state index in [0.29, 0.717) is 18.2 Å². The lowest BCUT2D eigenvalue weighted by atomic mass is 9.98. The van der Waals surface area contributed by atoms with E-state index in [1.54, 1.807) is 0 Å². The molecule has 4 rings (SSSR count). The smallest absolute Gasteiger partial charge is 0.355 e. The SMILES string of the molecule is CCOC(=O)c1c(-c2ccc(C(C)C)cc2)cc2c3ccccc3ccn12. The molecule has 3 heteroatoms. The van der Waals surface area contributed by atoms with E-state index in [9.17, 15) is 4.79 Å². The second-order valence-electron chi connectivity index (χ2n) is 7.06. The van der Waals surface area contributed by atoms with Crippen molar-refractivity contribution in [1.29, 1.82) is 0 Å². The second-order valence-corrected chi connectivity index (χ2v) is 7.06. The van der Waals surface area contributed by atoms with Crippen molar-refractivity contribution in [2.45, 2.75) is 26.7 Å². The molecule has 0 spiro atoms. The highest BCUT2D eigenvalue weighted by Crippen LogP contribution is 2.32. The van der Waals surface area contributed by atoms with Gasteiger partial charge in [0.1, 0.15) is 5.69 Å². The van der Waals surface area contributed by atoms with Crippen molar-refractivity contribution in [3.05, 3.63) is 78.1 Å². The monoisotopic (exact) mass is 357 g/mol. The molecular weight excluding hydrogens is 334 g/mol. The van der Waals surface area contributed by atoms with Gasteiger partial charge in [-0.15, -0.1) is 0 Å². The van der Waals surface area contributed by atoms with Crippen LogP contribution in [0.15, 0.2) is 66.9 Å². The average molecular weight is 357 g/mol. The van der Waals surface area contributed by atoms with Crippen LogP contribution in [0.2, 0.25) is 0 Å². The summed E-state index contributed by atoms with van der Waals surface area (Å²) >= 11 is 0. The first kappa shape index (κ1) is 17.3. The van der Waals surface area contributed by atoms with Crippen LogP contribution in [-0.2, 0) is 4.74 Å². The fourth-order valence-electron chi connectivity index (χ4n) is 3.59. The Balaban J connectivity index is 1.98. The van der Waals surface area contributed by atoms with Gasteiger partial charge in [-0.3, -0.25) is 0 Å². The lowest BCUT2D eigenvalue weighted by Gasteiger charge is -2.09. The van der Waals surface area contributed by atoms with Crippen molar-refractivity contribution in [1.82, 2.24) is 4.40 Å². The number of aromatic nitrogens is 1. The lowest BCUT2D eigenvalue weighted by Crippen LogP contribution is -2.09. The summed E-state index contributed by atoms with van der Waals surface area (Å²) in [5, 5.41) is 2.27. The molecule has 0 bridgehead atoms. The van der Waals surface area contributed by atoms with E-state index in [1.165, 1.54) is 5.56 Å². The lowest BCUT2D eigenvalue weighted by molar-refractivity contribution is 0.0519. The Hall–Kier alpha value is -3.07. The summed E-state index contributed by atoms with van der Waals surface area (Å²) in [5.41, 5.74) is 4.80. The molecule has 136 valence electrons. The van der Waals surface area contributed by atoms with Crippen molar-refractivity contribution in [2.75, 3.05) is 6.61 Å². The highest BCUT2D eigenvalue weighted by molar-refractivity contribution is 6.04. The van der Waals surface area contributed by atoms with Crippen molar-refractivity contribution >= 4 is 22.3 Å². The number of carbonyl (C=O) groups excluding carboxylic acids is 1. The van der Waals surface area contributed by atoms with Gasteiger partial charge < -0.3 is 9.14 Å². The third kappa shape index (κ3) is 2.99. The molecule has 0 amide bonds. The molecule has 0 saturated heterocycles. The topological polar surface area (TPSA) is 30.7 Å². The second kappa shape index (κ2) is 6.92. The zero-order valence-corrected chi connectivity index (χ0v) is 15.9. The number of benzene rings is 2. The molecule has 2 aromatic carbocycles. The van der Waals surface area contributed by atoms with Gasteiger partial charge in [0, 0.05) is 17.1 Å². The van der Waals surface area contributed by atoms with Gasteiger partial charge in [-0.05, 0) is 41.5 Å². The summed E-state index contributed by atoms with van der Waals surface area (Å²) in [7, 11) is 0. The number of rotatable bonds is 4. The maximum absolute atomic E-state index is 12.8. The molecule has 4 aromatic rings. The maximum Gasteiger partial charge on any atom is 0.355 e. The first-order valence-corrected chi connectivity index (χ1v) is 9.40. The average Bonchev–Trinajstić information content (AvgIpc) is 3.08. The van der Waals surface area contributed by atoms with E-state index in [-0.39, 0.29) is 5.97 Å². The molecule has 0 aliphatic rings. The molecule has 3 nitrogen and oxygen atoms in total. The minimum Gasteiger partial charge on any atom is -0.461 e. The van der Waals surface area contributed by atoms with Gasteiger partial charge in [0.15, 0.2) is 0 Å². The molecule has 0 radical (unpaired) electrons. The van der Waals surface area contributed by atoms with Gasteiger partial charge in [-0.1, -0.05) is 62.4 Å². The number of fused-ring (bicyclic) bond motifs is 3. The number of carbonyl (C=O) groups is 1. The van der Waals surface area contributed by atoms with Crippen molar-refractivity contribution in [3.8, 4) is 11.1 Å². The maximum atomic E-state index is 12.8. The van der Waals surface area contributed by atoms with Gasteiger partial charge in [0.25, 0.3) is 0 Å². The Morgan fingerprint density at radius 3 is 2.48 bits per heavy atom. The Bertz CT molecular complexity index is 1120. The van der Waals surface area contributed by atoms with Crippen molar-refractivity contribution < 1.29 is 9.53 Å². The zero-order valence-electron chi connectivity index (χ0n) is 15.9. The summed E-state index contributed by atoms with van der Waals surface area (Å²) in [6, 6.07) is 20.8. The number of esters is 1. The Morgan fingerprint density at radius 2 is 1.78 bits per heavy atom. The Morgan fingerprint density at radius 1 is 1.04 bits per heavy atom. The van der Waals surface area contributed by atoms with Crippen LogP contribution in [0, 0.1) is 0 Å². The van der Waals surface area contributed by atoms with Crippen molar-refractivity contribution in [3.63, 3.8) is 0 Å². The molecule has 0 N–H and O–H groups in total.